The van der Waals surface area contributed by atoms with Crippen LogP contribution in [0.25, 0.3) is 16.6 Å². The first kappa shape index (κ1) is 25.6. The Kier molecular flexibility index (Phi) is 6.84. The van der Waals surface area contributed by atoms with Gasteiger partial charge in [0.25, 0.3) is 5.56 Å². The van der Waals surface area contributed by atoms with Crippen LogP contribution in [-0.4, -0.2) is 20.8 Å². The fraction of sp³-hybridized carbons (Fsp3) is 0.185. The molecule has 0 spiro atoms. The van der Waals surface area contributed by atoms with Gasteiger partial charge in [0.2, 0.25) is 5.91 Å². The van der Waals surface area contributed by atoms with Crippen LogP contribution in [0.4, 0.5) is 13.2 Å². The van der Waals surface area contributed by atoms with Gasteiger partial charge in [-0.05, 0) is 55.8 Å². The minimum Gasteiger partial charge on any atom is -0.350 e. The van der Waals surface area contributed by atoms with Crippen molar-refractivity contribution >= 4 is 22.6 Å². The van der Waals surface area contributed by atoms with Gasteiger partial charge >= 0.3 is 11.9 Å². The molecule has 0 radical (unpaired) electrons. The smallest absolute Gasteiger partial charge is 0.350 e. The number of Topliss-reactive ketones (excluding diaryl/α,β-unsaturated/α-hetero) is 1. The van der Waals surface area contributed by atoms with E-state index in [2.05, 4.69) is 5.32 Å². The number of rotatable bonds is 6. The molecule has 1 amide bonds. The average Bonchev–Trinajstić information content (AvgIpc) is 2.85. The average molecular weight is 509 g/mol. The molecule has 0 fully saturated rings. The third kappa shape index (κ3) is 5.37. The van der Waals surface area contributed by atoms with Crippen molar-refractivity contribution in [3.8, 4) is 5.69 Å². The Hall–Kier alpha value is -4.47. The van der Waals surface area contributed by atoms with Crippen molar-refractivity contribution < 1.29 is 22.8 Å². The number of nitrogens with zero attached hydrogens (tertiary/aromatic N) is 2. The molecule has 1 heterocycles. The first-order valence-corrected chi connectivity index (χ1v) is 11.3. The van der Waals surface area contributed by atoms with Crippen LogP contribution in [0.3, 0.4) is 0 Å². The quantitative estimate of drug-likeness (QED) is 0.398. The summed E-state index contributed by atoms with van der Waals surface area (Å²) in [4.78, 5) is 51.4. The zero-order valence-corrected chi connectivity index (χ0v) is 19.9. The van der Waals surface area contributed by atoms with Crippen LogP contribution < -0.4 is 16.6 Å². The number of ketones is 1. The highest BCUT2D eigenvalue weighted by atomic mass is 19.4. The maximum Gasteiger partial charge on any atom is 0.416 e. The Morgan fingerprint density at radius 2 is 1.68 bits per heavy atom. The van der Waals surface area contributed by atoms with Crippen molar-refractivity contribution in [3.63, 3.8) is 0 Å². The maximum absolute atomic E-state index is 13.5. The van der Waals surface area contributed by atoms with Crippen LogP contribution in [0, 0.1) is 6.92 Å². The predicted molar refractivity (Wildman–Crippen MR) is 132 cm³/mol. The number of hydrogen-bond acceptors (Lipinski definition) is 4. The van der Waals surface area contributed by atoms with Crippen LogP contribution in [-0.2, 0) is 24.1 Å². The summed E-state index contributed by atoms with van der Waals surface area (Å²) in [5.74, 6) is -0.884. The molecular formula is C27H22F3N3O4. The first-order chi connectivity index (χ1) is 17.5. The van der Waals surface area contributed by atoms with Gasteiger partial charge in [-0.3, -0.25) is 19.0 Å². The van der Waals surface area contributed by atoms with Gasteiger partial charge in [-0.15, -0.1) is 0 Å². The lowest BCUT2D eigenvalue weighted by molar-refractivity contribution is -0.137. The Bertz CT molecular complexity index is 1650. The predicted octanol–water partition coefficient (Wildman–Crippen LogP) is 4.00. The highest BCUT2D eigenvalue weighted by Crippen LogP contribution is 2.29. The normalized spacial score (nSPS) is 11.5. The standard InChI is InChI=1S/C27H22F3N3O4/c1-16-9-10-23-22(11-16)25(36)33(21-8-4-6-19(13-21)17(2)34)26(37)32(23)15-24(35)31-14-18-5-3-7-20(12-18)27(28,29)30/h3-13H,14-15H2,1-2H3,(H,31,35). The van der Waals surface area contributed by atoms with E-state index in [-0.39, 0.29) is 34.5 Å². The molecule has 0 aliphatic rings. The molecule has 1 N–H and O–H groups in total. The number of amides is 1. The van der Waals surface area contributed by atoms with E-state index in [1.807, 2.05) is 0 Å². The molecule has 0 bridgehead atoms. The summed E-state index contributed by atoms with van der Waals surface area (Å²) in [7, 11) is 0. The second-order valence-corrected chi connectivity index (χ2v) is 8.61. The van der Waals surface area contributed by atoms with Crippen LogP contribution in [0.2, 0.25) is 0 Å². The van der Waals surface area contributed by atoms with E-state index in [0.29, 0.717) is 5.56 Å². The summed E-state index contributed by atoms with van der Waals surface area (Å²) >= 11 is 0. The summed E-state index contributed by atoms with van der Waals surface area (Å²) in [6.45, 7) is 2.47. The molecule has 7 nitrogen and oxygen atoms in total. The van der Waals surface area contributed by atoms with Crippen molar-refractivity contribution in [2.45, 2.75) is 33.1 Å². The highest BCUT2D eigenvalue weighted by Gasteiger charge is 2.30. The molecule has 1 aromatic heterocycles. The van der Waals surface area contributed by atoms with E-state index in [9.17, 15) is 32.3 Å². The minimum atomic E-state index is -4.52. The van der Waals surface area contributed by atoms with Gasteiger partial charge < -0.3 is 5.32 Å². The van der Waals surface area contributed by atoms with Crippen LogP contribution in [0.15, 0.2) is 76.3 Å². The van der Waals surface area contributed by atoms with Crippen molar-refractivity contribution in [3.05, 3.63) is 110 Å². The van der Waals surface area contributed by atoms with E-state index in [0.717, 1.165) is 26.8 Å². The Balaban J connectivity index is 1.73. The van der Waals surface area contributed by atoms with E-state index in [4.69, 9.17) is 0 Å². The first-order valence-electron chi connectivity index (χ1n) is 11.3. The molecule has 0 aliphatic carbocycles. The van der Waals surface area contributed by atoms with Crippen LogP contribution in [0.5, 0.6) is 0 Å². The van der Waals surface area contributed by atoms with Crippen molar-refractivity contribution in [1.29, 1.82) is 0 Å². The Labute approximate surface area is 208 Å². The Morgan fingerprint density at radius 1 is 0.946 bits per heavy atom. The monoisotopic (exact) mass is 509 g/mol. The summed E-state index contributed by atoms with van der Waals surface area (Å²) < 4.78 is 41.0. The number of carbonyl (C=O) groups is 2. The van der Waals surface area contributed by atoms with Gasteiger partial charge in [-0.2, -0.15) is 13.2 Å². The zero-order chi connectivity index (χ0) is 26.9. The van der Waals surface area contributed by atoms with E-state index >= 15 is 0 Å². The summed E-state index contributed by atoms with van der Waals surface area (Å²) in [6, 6.07) is 15.4. The van der Waals surface area contributed by atoms with Gasteiger partial charge in [0.1, 0.15) is 6.54 Å². The van der Waals surface area contributed by atoms with Crippen LogP contribution >= 0.6 is 0 Å². The van der Waals surface area contributed by atoms with Gasteiger partial charge in [-0.1, -0.05) is 35.9 Å². The molecule has 0 aliphatic heterocycles. The number of alkyl halides is 3. The SMILES string of the molecule is CC(=O)c1cccc(-n2c(=O)c3cc(C)ccc3n(CC(=O)NCc3cccc(C(F)(F)F)c3)c2=O)c1. The molecule has 37 heavy (non-hydrogen) atoms. The van der Waals surface area contributed by atoms with Crippen molar-refractivity contribution in [2.24, 2.45) is 0 Å². The van der Waals surface area contributed by atoms with Gasteiger partial charge in [-0.25, -0.2) is 9.36 Å². The third-order valence-corrected chi connectivity index (χ3v) is 5.86. The van der Waals surface area contributed by atoms with Gasteiger partial charge in [0.05, 0.1) is 22.2 Å². The number of hydrogen-bond donors (Lipinski definition) is 1. The molecule has 0 unspecified atom stereocenters. The number of benzene rings is 3. The summed E-state index contributed by atoms with van der Waals surface area (Å²) in [5.41, 5.74) is -0.538. The van der Waals surface area contributed by atoms with E-state index in [1.165, 1.54) is 31.2 Å². The summed E-state index contributed by atoms with van der Waals surface area (Å²) in [5, 5.41) is 2.72. The van der Waals surface area contributed by atoms with Crippen molar-refractivity contribution in [2.75, 3.05) is 0 Å². The number of carbonyl (C=O) groups excluding carboxylic acids is 2. The highest BCUT2D eigenvalue weighted by molar-refractivity contribution is 5.94. The van der Waals surface area contributed by atoms with E-state index in [1.54, 1.807) is 37.3 Å². The topological polar surface area (TPSA) is 90.2 Å². The molecule has 4 aromatic rings. The molecule has 10 heteroatoms. The maximum atomic E-state index is 13.5. The summed E-state index contributed by atoms with van der Waals surface area (Å²) in [6.07, 6.45) is -4.52. The largest absolute Gasteiger partial charge is 0.416 e. The number of halogens is 3. The molecule has 4 rings (SSSR count). The van der Waals surface area contributed by atoms with Crippen LogP contribution in [0.1, 0.15) is 34.0 Å². The molecular weight excluding hydrogens is 487 g/mol. The van der Waals surface area contributed by atoms with E-state index < -0.39 is 35.4 Å². The fourth-order valence-corrected chi connectivity index (χ4v) is 3.99. The van der Waals surface area contributed by atoms with Gasteiger partial charge in [0, 0.05) is 12.1 Å². The minimum absolute atomic E-state index is 0.171. The van der Waals surface area contributed by atoms with Gasteiger partial charge in [0.15, 0.2) is 5.78 Å². The second kappa shape index (κ2) is 9.88. The molecule has 0 atom stereocenters. The number of aromatic nitrogens is 2. The van der Waals surface area contributed by atoms with Crippen molar-refractivity contribution in [1.82, 2.24) is 14.5 Å². The second-order valence-electron chi connectivity index (χ2n) is 8.61. The zero-order valence-electron chi connectivity index (χ0n) is 19.9. The Morgan fingerprint density at radius 3 is 2.38 bits per heavy atom. The molecule has 3 aromatic carbocycles. The third-order valence-electron chi connectivity index (χ3n) is 5.86. The molecule has 0 saturated carbocycles. The lowest BCUT2D eigenvalue weighted by Gasteiger charge is -2.15. The molecule has 190 valence electrons. The lowest BCUT2D eigenvalue weighted by Crippen LogP contribution is -2.41. The molecule has 0 saturated heterocycles. The lowest BCUT2D eigenvalue weighted by atomic mass is 10.1. The number of nitrogens with one attached hydrogen (secondary N) is 1. The fourth-order valence-electron chi connectivity index (χ4n) is 3.99. The number of fused-ring (bicyclic) bond motifs is 1. The number of aryl methyl sites for hydroxylation is 1.